The van der Waals surface area contributed by atoms with Gasteiger partial charge >= 0.3 is 0 Å². The number of thiophene rings is 1. The zero-order valence-corrected chi connectivity index (χ0v) is 26.3. The Balaban J connectivity index is 1.18. The smallest absolute Gasteiger partial charge is 0.264 e. The first-order chi connectivity index (χ1) is 20.9. The number of amides is 1. The Labute approximate surface area is 259 Å². The second kappa shape index (κ2) is 11.5. The molecule has 220 valence electrons. The van der Waals surface area contributed by atoms with Gasteiger partial charge in [-0.3, -0.25) is 14.0 Å². The average Bonchev–Trinajstić information content (AvgIpc) is 3.61. The monoisotopic (exact) mass is 628 g/mol. The van der Waals surface area contributed by atoms with Gasteiger partial charge in [0.05, 0.1) is 20.8 Å². The van der Waals surface area contributed by atoms with Crippen molar-refractivity contribution in [3.05, 3.63) is 94.4 Å². The fourth-order valence-corrected chi connectivity index (χ4v) is 10.0. The van der Waals surface area contributed by atoms with E-state index in [1.165, 1.54) is 26.9 Å². The highest BCUT2D eigenvalue weighted by atomic mass is 32.2. The molecule has 0 aliphatic carbocycles. The van der Waals surface area contributed by atoms with E-state index < -0.39 is 10.0 Å². The number of benzene rings is 3. The van der Waals surface area contributed by atoms with Crippen molar-refractivity contribution in [2.75, 3.05) is 29.3 Å². The molecule has 0 fully saturated rings. The van der Waals surface area contributed by atoms with E-state index in [2.05, 4.69) is 23.2 Å². The number of hydrogen-bond donors (Lipinski definition) is 1. The number of nitrogens with zero attached hydrogens (tertiary/aromatic N) is 3. The molecule has 0 spiro atoms. The van der Waals surface area contributed by atoms with E-state index in [9.17, 15) is 13.2 Å². The van der Waals surface area contributed by atoms with Gasteiger partial charge < -0.3 is 5.32 Å². The van der Waals surface area contributed by atoms with Crippen LogP contribution in [-0.2, 0) is 29.4 Å². The number of sulfonamides is 1. The van der Waals surface area contributed by atoms with Crippen LogP contribution in [0, 0.1) is 0 Å². The number of hydrogen-bond acceptors (Lipinski definition) is 7. The molecular formula is C33H32N4O3S3. The van der Waals surface area contributed by atoms with Crippen LogP contribution in [-0.4, -0.2) is 43.8 Å². The van der Waals surface area contributed by atoms with Crippen LogP contribution >= 0.6 is 22.7 Å². The molecule has 1 N–H and O–H groups in total. The Hall–Kier alpha value is -3.57. The van der Waals surface area contributed by atoms with Crippen molar-refractivity contribution in [3.8, 4) is 10.6 Å². The summed E-state index contributed by atoms with van der Waals surface area (Å²) in [5.41, 5.74) is 5.43. The number of thiazole rings is 1. The minimum absolute atomic E-state index is 0.179. The molecule has 0 saturated heterocycles. The molecule has 2 aliphatic heterocycles. The lowest BCUT2D eigenvalue weighted by atomic mass is 10.0. The Kier molecular flexibility index (Phi) is 7.54. The Morgan fingerprint density at radius 2 is 1.74 bits per heavy atom. The van der Waals surface area contributed by atoms with Gasteiger partial charge in [0.2, 0.25) is 0 Å². The summed E-state index contributed by atoms with van der Waals surface area (Å²) in [7, 11) is -3.75. The first kappa shape index (κ1) is 28.2. The summed E-state index contributed by atoms with van der Waals surface area (Å²) < 4.78 is 29.8. The van der Waals surface area contributed by atoms with Gasteiger partial charge in [-0.05, 0) is 85.8 Å². The molecule has 7 nitrogen and oxygen atoms in total. The number of carbonyl (C=O) groups is 1. The van der Waals surface area contributed by atoms with Crippen molar-refractivity contribution >= 4 is 59.5 Å². The standard InChI is InChI=1S/C33H32N4O3S3/c1-2-18-36-20-17-25-29(21-36)42-33(30(25)32-34-26-10-4-6-12-28(26)41-32)35-31(38)23-13-15-24(16-14-23)43(39,40)37-19-7-9-22-8-3-5-11-27(22)37/h3-6,8,10-16H,2,7,9,17-21H2,1H3,(H,35,38). The van der Waals surface area contributed by atoms with Gasteiger partial charge in [0.15, 0.2) is 0 Å². The van der Waals surface area contributed by atoms with Crippen LogP contribution in [0.2, 0.25) is 0 Å². The van der Waals surface area contributed by atoms with Crippen LogP contribution in [0.1, 0.15) is 46.1 Å². The van der Waals surface area contributed by atoms with E-state index in [-0.39, 0.29) is 10.8 Å². The number of rotatable bonds is 7. The predicted octanol–water partition coefficient (Wildman–Crippen LogP) is 7.19. The zero-order valence-electron chi connectivity index (χ0n) is 23.9. The SMILES string of the molecule is CCCN1CCc2c(sc(NC(=O)c3ccc(S(=O)(=O)N4CCCc5ccccc54)cc3)c2-c2nc3ccccc3s2)C1. The molecule has 0 unspecified atom stereocenters. The van der Waals surface area contributed by atoms with Crippen molar-refractivity contribution in [2.45, 2.75) is 44.0 Å². The topological polar surface area (TPSA) is 82.6 Å². The summed E-state index contributed by atoms with van der Waals surface area (Å²) in [4.78, 5) is 22.4. The van der Waals surface area contributed by atoms with Crippen molar-refractivity contribution < 1.29 is 13.2 Å². The lowest BCUT2D eigenvalue weighted by molar-refractivity contribution is 0.102. The Morgan fingerprint density at radius 3 is 2.56 bits per heavy atom. The number of aromatic nitrogens is 1. The number of anilines is 2. The Morgan fingerprint density at radius 1 is 0.953 bits per heavy atom. The summed E-state index contributed by atoms with van der Waals surface area (Å²) in [6.45, 7) is 5.54. The molecular weight excluding hydrogens is 597 g/mol. The van der Waals surface area contributed by atoms with Crippen LogP contribution in [0.5, 0.6) is 0 Å². The number of fused-ring (bicyclic) bond motifs is 3. The van der Waals surface area contributed by atoms with Gasteiger partial charge in [0.1, 0.15) is 10.0 Å². The van der Waals surface area contributed by atoms with Crippen molar-refractivity contribution in [1.29, 1.82) is 0 Å². The molecule has 2 aromatic heterocycles. The average molecular weight is 629 g/mol. The van der Waals surface area contributed by atoms with Gasteiger partial charge in [0, 0.05) is 35.6 Å². The summed E-state index contributed by atoms with van der Waals surface area (Å²) in [6, 6.07) is 22.1. The van der Waals surface area contributed by atoms with Gasteiger partial charge in [-0.2, -0.15) is 0 Å². The molecule has 0 atom stereocenters. The van der Waals surface area contributed by atoms with E-state index in [4.69, 9.17) is 4.98 Å². The molecule has 7 rings (SSSR count). The number of aryl methyl sites for hydroxylation is 1. The second-order valence-corrected chi connectivity index (χ2v) is 15.0. The lowest BCUT2D eigenvalue weighted by Gasteiger charge is -2.30. The third-order valence-electron chi connectivity index (χ3n) is 8.18. The largest absolute Gasteiger partial charge is 0.313 e. The maximum Gasteiger partial charge on any atom is 0.264 e. The van der Waals surface area contributed by atoms with Crippen LogP contribution in [0.25, 0.3) is 20.8 Å². The quantitative estimate of drug-likeness (QED) is 0.206. The van der Waals surface area contributed by atoms with E-state index >= 15 is 0 Å². The van der Waals surface area contributed by atoms with Crippen LogP contribution in [0.3, 0.4) is 0 Å². The third kappa shape index (κ3) is 5.26. The van der Waals surface area contributed by atoms with Gasteiger partial charge in [-0.1, -0.05) is 37.3 Å². The van der Waals surface area contributed by atoms with Gasteiger partial charge in [-0.25, -0.2) is 13.4 Å². The first-order valence-corrected chi connectivity index (χ1v) is 17.7. The molecule has 0 radical (unpaired) electrons. The summed E-state index contributed by atoms with van der Waals surface area (Å²) in [5.74, 6) is -0.265. The van der Waals surface area contributed by atoms with E-state index in [0.717, 1.165) is 82.4 Å². The summed E-state index contributed by atoms with van der Waals surface area (Å²) in [6.07, 6.45) is 3.65. The maximum atomic E-state index is 13.6. The number of para-hydroxylation sites is 2. The summed E-state index contributed by atoms with van der Waals surface area (Å²) in [5, 5.41) is 4.89. The van der Waals surface area contributed by atoms with E-state index in [0.29, 0.717) is 12.1 Å². The predicted molar refractivity (Wildman–Crippen MR) is 176 cm³/mol. The molecule has 4 heterocycles. The maximum absolute atomic E-state index is 13.6. The van der Waals surface area contributed by atoms with Crippen LogP contribution in [0.4, 0.5) is 10.7 Å². The molecule has 2 aliphatic rings. The highest BCUT2D eigenvalue weighted by molar-refractivity contribution is 7.92. The normalized spacial score (nSPS) is 15.3. The Bertz CT molecular complexity index is 1900. The molecule has 5 aromatic rings. The van der Waals surface area contributed by atoms with Crippen molar-refractivity contribution in [2.24, 2.45) is 0 Å². The molecule has 0 saturated carbocycles. The highest BCUT2D eigenvalue weighted by Gasteiger charge is 2.30. The minimum Gasteiger partial charge on any atom is -0.313 e. The third-order valence-corrected chi connectivity index (χ3v) is 12.2. The molecule has 1 amide bonds. The molecule has 10 heteroatoms. The highest BCUT2D eigenvalue weighted by Crippen LogP contribution is 2.46. The van der Waals surface area contributed by atoms with Crippen LogP contribution < -0.4 is 9.62 Å². The molecule has 0 bridgehead atoms. The van der Waals surface area contributed by atoms with E-state index in [1.807, 2.05) is 42.5 Å². The fourth-order valence-electron chi connectivity index (χ4n) is 6.09. The van der Waals surface area contributed by atoms with Gasteiger partial charge in [0.25, 0.3) is 15.9 Å². The van der Waals surface area contributed by atoms with E-state index in [1.54, 1.807) is 34.8 Å². The summed E-state index contributed by atoms with van der Waals surface area (Å²) >= 11 is 3.28. The minimum atomic E-state index is -3.75. The number of nitrogens with one attached hydrogen (secondary N) is 1. The molecule has 43 heavy (non-hydrogen) atoms. The van der Waals surface area contributed by atoms with Crippen molar-refractivity contribution in [3.63, 3.8) is 0 Å². The zero-order chi connectivity index (χ0) is 29.6. The van der Waals surface area contributed by atoms with Crippen molar-refractivity contribution in [1.82, 2.24) is 9.88 Å². The van der Waals surface area contributed by atoms with Gasteiger partial charge in [-0.15, -0.1) is 22.7 Å². The first-order valence-electron chi connectivity index (χ1n) is 14.7. The lowest BCUT2D eigenvalue weighted by Crippen LogP contribution is -2.35. The molecule has 3 aromatic carbocycles. The fraction of sp³-hybridized carbons (Fsp3) is 0.273. The van der Waals surface area contributed by atoms with Crippen LogP contribution in [0.15, 0.2) is 77.7 Å². The second-order valence-electron chi connectivity index (χ2n) is 11.0. The number of carbonyl (C=O) groups excluding carboxylic acids is 1.